The van der Waals surface area contributed by atoms with E-state index < -0.39 is 5.97 Å². The minimum Gasteiger partial charge on any atom is -0.481 e. The molecule has 13 heavy (non-hydrogen) atoms. The minimum absolute atomic E-state index is 0.331. The third-order valence-corrected chi connectivity index (χ3v) is 2.64. The van der Waals surface area contributed by atoms with Crippen LogP contribution >= 0.6 is 15.9 Å². The van der Waals surface area contributed by atoms with Crippen LogP contribution in [0.4, 0.5) is 0 Å². The standard InChI is InChI=1S/C10H11BrO2/c11-7-9(10(12)13)6-8-4-2-1-3-5-8/h1-5,9H,6-7H2,(H,12,13). The zero-order valence-corrected chi connectivity index (χ0v) is 8.70. The van der Waals surface area contributed by atoms with Gasteiger partial charge in [-0.3, -0.25) is 4.79 Å². The Kier molecular flexibility index (Phi) is 3.96. The lowest BCUT2D eigenvalue weighted by atomic mass is 10.0. The highest BCUT2D eigenvalue weighted by Gasteiger charge is 2.15. The Morgan fingerprint density at radius 2 is 2.00 bits per heavy atom. The summed E-state index contributed by atoms with van der Waals surface area (Å²) >= 11 is 3.19. The van der Waals surface area contributed by atoms with Crippen molar-refractivity contribution in [3.05, 3.63) is 35.9 Å². The number of rotatable bonds is 4. The van der Waals surface area contributed by atoms with Gasteiger partial charge in [0.25, 0.3) is 0 Å². The summed E-state index contributed by atoms with van der Waals surface area (Å²) in [6.07, 6.45) is 0.585. The number of hydrogen-bond acceptors (Lipinski definition) is 1. The van der Waals surface area contributed by atoms with Gasteiger partial charge in [0.1, 0.15) is 0 Å². The van der Waals surface area contributed by atoms with E-state index in [1.54, 1.807) is 0 Å². The predicted molar refractivity (Wildman–Crippen MR) is 55.1 cm³/mol. The van der Waals surface area contributed by atoms with Crippen molar-refractivity contribution in [1.82, 2.24) is 0 Å². The number of alkyl halides is 1. The zero-order valence-electron chi connectivity index (χ0n) is 7.11. The van der Waals surface area contributed by atoms with Gasteiger partial charge in [-0.1, -0.05) is 46.3 Å². The van der Waals surface area contributed by atoms with Crippen LogP contribution in [-0.4, -0.2) is 16.4 Å². The summed E-state index contributed by atoms with van der Waals surface area (Å²) < 4.78 is 0. The molecule has 1 N–H and O–H groups in total. The Hall–Kier alpha value is -0.830. The number of carboxylic acids is 1. The van der Waals surface area contributed by atoms with E-state index in [4.69, 9.17) is 5.11 Å². The molecule has 1 aromatic carbocycles. The first kappa shape index (κ1) is 10.3. The van der Waals surface area contributed by atoms with Gasteiger partial charge >= 0.3 is 5.97 Å². The second-order valence-electron chi connectivity index (χ2n) is 2.88. The van der Waals surface area contributed by atoms with Crippen molar-refractivity contribution in [3.8, 4) is 0 Å². The van der Waals surface area contributed by atoms with Crippen LogP contribution in [0, 0.1) is 5.92 Å². The van der Waals surface area contributed by atoms with Gasteiger partial charge in [-0.15, -0.1) is 0 Å². The molecule has 0 aliphatic carbocycles. The maximum absolute atomic E-state index is 10.7. The molecule has 1 rings (SSSR count). The fourth-order valence-corrected chi connectivity index (χ4v) is 1.61. The molecule has 0 amide bonds. The monoisotopic (exact) mass is 242 g/mol. The molecule has 0 spiro atoms. The molecular formula is C10H11BrO2. The van der Waals surface area contributed by atoms with E-state index >= 15 is 0 Å². The summed E-state index contributed by atoms with van der Waals surface area (Å²) in [6, 6.07) is 9.65. The van der Waals surface area contributed by atoms with Gasteiger partial charge in [0.15, 0.2) is 0 Å². The number of benzene rings is 1. The fourth-order valence-electron chi connectivity index (χ4n) is 1.11. The van der Waals surface area contributed by atoms with Crippen LogP contribution in [0.2, 0.25) is 0 Å². The second kappa shape index (κ2) is 5.02. The molecule has 0 saturated heterocycles. The molecule has 1 unspecified atom stereocenters. The fraction of sp³-hybridized carbons (Fsp3) is 0.300. The Labute approximate surface area is 85.7 Å². The smallest absolute Gasteiger partial charge is 0.307 e. The largest absolute Gasteiger partial charge is 0.481 e. The normalized spacial score (nSPS) is 12.4. The summed E-state index contributed by atoms with van der Waals surface area (Å²) in [5, 5.41) is 9.30. The molecule has 0 radical (unpaired) electrons. The topological polar surface area (TPSA) is 37.3 Å². The van der Waals surface area contributed by atoms with Gasteiger partial charge in [-0.2, -0.15) is 0 Å². The SMILES string of the molecule is O=C(O)C(CBr)Cc1ccccc1. The molecule has 70 valence electrons. The number of carbonyl (C=O) groups is 1. The van der Waals surface area contributed by atoms with E-state index in [2.05, 4.69) is 15.9 Å². The summed E-state index contributed by atoms with van der Waals surface area (Å²) in [6.45, 7) is 0. The third kappa shape index (κ3) is 3.19. The van der Waals surface area contributed by atoms with E-state index in [0.29, 0.717) is 11.8 Å². The van der Waals surface area contributed by atoms with Crippen molar-refractivity contribution in [2.75, 3.05) is 5.33 Å². The Morgan fingerprint density at radius 3 is 2.46 bits per heavy atom. The molecule has 0 aliphatic heterocycles. The van der Waals surface area contributed by atoms with Gasteiger partial charge in [0, 0.05) is 5.33 Å². The van der Waals surface area contributed by atoms with Crippen LogP contribution in [0.1, 0.15) is 5.56 Å². The average Bonchev–Trinajstić information content (AvgIpc) is 2.15. The van der Waals surface area contributed by atoms with E-state index in [9.17, 15) is 4.79 Å². The maximum atomic E-state index is 10.7. The summed E-state index contributed by atoms with van der Waals surface area (Å²) in [5.41, 5.74) is 1.06. The van der Waals surface area contributed by atoms with Crippen LogP contribution < -0.4 is 0 Å². The molecule has 3 heteroatoms. The highest BCUT2D eigenvalue weighted by Crippen LogP contribution is 2.11. The summed E-state index contributed by atoms with van der Waals surface area (Å²) in [7, 11) is 0. The summed E-state index contributed by atoms with van der Waals surface area (Å²) in [5.74, 6) is -1.08. The van der Waals surface area contributed by atoms with Crippen LogP contribution in [0.25, 0.3) is 0 Å². The molecule has 2 nitrogen and oxygen atoms in total. The quantitative estimate of drug-likeness (QED) is 0.824. The number of carboxylic acid groups (broad SMARTS) is 1. The first-order valence-electron chi connectivity index (χ1n) is 4.06. The van der Waals surface area contributed by atoms with Gasteiger partial charge in [0.05, 0.1) is 5.92 Å². The molecule has 0 fully saturated rings. The van der Waals surface area contributed by atoms with Crippen LogP contribution in [0.15, 0.2) is 30.3 Å². The summed E-state index contributed by atoms with van der Waals surface area (Å²) in [4.78, 5) is 10.7. The highest BCUT2D eigenvalue weighted by molar-refractivity contribution is 9.09. The zero-order chi connectivity index (χ0) is 9.68. The molecule has 0 saturated carbocycles. The number of aliphatic carboxylic acids is 1. The second-order valence-corrected chi connectivity index (χ2v) is 3.53. The van der Waals surface area contributed by atoms with Crippen molar-refractivity contribution < 1.29 is 9.90 Å². The van der Waals surface area contributed by atoms with E-state index in [0.717, 1.165) is 5.56 Å². The highest BCUT2D eigenvalue weighted by atomic mass is 79.9. The van der Waals surface area contributed by atoms with Gasteiger partial charge in [-0.05, 0) is 12.0 Å². The maximum Gasteiger partial charge on any atom is 0.307 e. The van der Waals surface area contributed by atoms with Gasteiger partial charge < -0.3 is 5.11 Å². The third-order valence-electron chi connectivity index (χ3n) is 1.86. The van der Waals surface area contributed by atoms with E-state index in [1.165, 1.54) is 0 Å². The Balaban J connectivity index is 2.62. The van der Waals surface area contributed by atoms with Gasteiger partial charge in [0.2, 0.25) is 0 Å². The molecule has 1 atom stereocenters. The van der Waals surface area contributed by atoms with Crippen molar-refractivity contribution in [1.29, 1.82) is 0 Å². The van der Waals surface area contributed by atoms with Crippen molar-refractivity contribution in [3.63, 3.8) is 0 Å². The lowest BCUT2D eigenvalue weighted by Gasteiger charge is -2.07. The first-order valence-corrected chi connectivity index (χ1v) is 5.19. The molecule has 0 heterocycles. The van der Waals surface area contributed by atoms with E-state index in [-0.39, 0.29) is 5.92 Å². The van der Waals surface area contributed by atoms with Crippen LogP contribution in [-0.2, 0) is 11.2 Å². The lowest BCUT2D eigenvalue weighted by molar-refractivity contribution is -0.140. The number of hydrogen-bond donors (Lipinski definition) is 1. The molecule has 0 bridgehead atoms. The predicted octanol–water partition coefficient (Wildman–Crippen LogP) is 2.32. The first-order chi connectivity index (χ1) is 6.24. The molecular weight excluding hydrogens is 232 g/mol. The average molecular weight is 243 g/mol. The molecule has 1 aromatic rings. The Morgan fingerprint density at radius 1 is 1.38 bits per heavy atom. The lowest BCUT2D eigenvalue weighted by Crippen LogP contribution is -2.17. The Bertz CT molecular complexity index is 272. The molecule has 0 aromatic heterocycles. The van der Waals surface area contributed by atoms with E-state index in [1.807, 2.05) is 30.3 Å². The van der Waals surface area contributed by atoms with Crippen molar-refractivity contribution >= 4 is 21.9 Å². The number of halogens is 1. The van der Waals surface area contributed by atoms with Crippen molar-refractivity contribution in [2.45, 2.75) is 6.42 Å². The van der Waals surface area contributed by atoms with Gasteiger partial charge in [-0.25, -0.2) is 0 Å². The van der Waals surface area contributed by atoms with Crippen LogP contribution in [0.3, 0.4) is 0 Å². The van der Waals surface area contributed by atoms with Crippen LogP contribution in [0.5, 0.6) is 0 Å². The van der Waals surface area contributed by atoms with Crippen molar-refractivity contribution in [2.24, 2.45) is 5.92 Å². The molecule has 0 aliphatic rings. The minimum atomic E-state index is -0.749.